The van der Waals surface area contributed by atoms with E-state index in [0.29, 0.717) is 10.6 Å². The number of halogens is 1. The maximum absolute atomic E-state index is 12.3. The van der Waals surface area contributed by atoms with Gasteiger partial charge in [-0.2, -0.15) is 0 Å². The van der Waals surface area contributed by atoms with Gasteiger partial charge in [0.25, 0.3) is 0 Å². The molecule has 20 heavy (non-hydrogen) atoms. The lowest BCUT2D eigenvalue weighted by Crippen LogP contribution is -2.47. The molecule has 0 heterocycles. The van der Waals surface area contributed by atoms with E-state index in [4.69, 9.17) is 11.6 Å². The predicted molar refractivity (Wildman–Crippen MR) is 81.4 cm³/mol. The largest absolute Gasteiger partial charge is 0.350 e. The Kier molecular flexibility index (Phi) is 5.21. The standard InChI is InChI=1S/C14H20ClNO3S/c1-10(13(17)16-14(2,3)4)20(18,19)9-11-7-5-6-8-12(11)15/h5-8,10H,9H2,1-4H3,(H,16,17). The average molecular weight is 318 g/mol. The van der Waals surface area contributed by atoms with Crippen LogP contribution in [0.5, 0.6) is 0 Å². The Labute approximate surface area is 125 Å². The zero-order valence-electron chi connectivity index (χ0n) is 12.1. The molecule has 0 aliphatic carbocycles. The van der Waals surface area contributed by atoms with Crippen molar-refractivity contribution in [2.75, 3.05) is 0 Å². The van der Waals surface area contributed by atoms with Gasteiger partial charge in [-0.1, -0.05) is 29.8 Å². The summed E-state index contributed by atoms with van der Waals surface area (Å²) in [6.07, 6.45) is 0. The normalized spacial score (nSPS) is 13.8. The van der Waals surface area contributed by atoms with Crippen LogP contribution in [0.25, 0.3) is 0 Å². The van der Waals surface area contributed by atoms with Crippen LogP contribution >= 0.6 is 11.6 Å². The maximum atomic E-state index is 12.3. The van der Waals surface area contributed by atoms with Crippen molar-refractivity contribution in [2.45, 2.75) is 44.2 Å². The van der Waals surface area contributed by atoms with Crippen molar-refractivity contribution in [1.29, 1.82) is 0 Å². The van der Waals surface area contributed by atoms with E-state index in [0.717, 1.165) is 0 Å². The van der Waals surface area contributed by atoms with E-state index in [1.807, 2.05) is 0 Å². The first kappa shape index (κ1) is 17.0. The molecule has 0 aliphatic heterocycles. The van der Waals surface area contributed by atoms with Crippen LogP contribution in [-0.2, 0) is 20.4 Å². The SMILES string of the molecule is CC(C(=O)NC(C)(C)C)S(=O)(=O)Cc1ccccc1Cl. The van der Waals surface area contributed by atoms with Crippen molar-refractivity contribution in [3.63, 3.8) is 0 Å². The number of nitrogens with one attached hydrogen (secondary N) is 1. The van der Waals surface area contributed by atoms with E-state index < -0.39 is 26.5 Å². The Morgan fingerprint density at radius 3 is 2.35 bits per heavy atom. The van der Waals surface area contributed by atoms with Gasteiger partial charge >= 0.3 is 0 Å². The number of amides is 1. The third-order valence-corrected chi connectivity index (χ3v) is 5.09. The molecule has 0 bridgehead atoms. The van der Waals surface area contributed by atoms with Gasteiger partial charge in [-0.05, 0) is 39.3 Å². The van der Waals surface area contributed by atoms with Crippen molar-refractivity contribution in [3.05, 3.63) is 34.9 Å². The molecule has 1 amide bonds. The molecule has 1 rings (SSSR count). The van der Waals surface area contributed by atoms with E-state index in [9.17, 15) is 13.2 Å². The van der Waals surface area contributed by atoms with Crippen LogP contribution in [0, 0.1) is 0 Å². The van der Waals surface area contributed by atoms with E-state index in [2.05, 4.69) is 5.32 Å². The second-order valence-corrected chi connectivity index (χ2v) is 8.51. The molecule has 1 atom stereocenters. The highest BCUT2D eigenvalue weighted by atomic mass is 35.5. The van der Waals surface area contributed by atoms with Gasteiger partial charge in [0.05, 0.1) is 5.75 Å². The number of hydrogen-bond donors (Lipinski definition) is 1. The van der Waals surface area contributed by atoms with Gasteiger partial charge in [0, 0.05) is 10.6 Å². The predicted octanol–water partition coefficient (Wildman–Crippen LogP) is 2.56. The first-order chi connectivity index (χ1) is 9.03. The summed E-state index contributed by atoms with van der Waals surface area (Å²) in [5.41, 5.74) is 0.0372. The van der Waals surface area contributed by atoms with Crippen LogP contribution in [-0.4, -0.2) is 25.1 Å². The molecular weight excluding hydrogens is 298 g/mol. The third kappa shape index (κ3) is 4.80. The average Bonchev–Trinajstić information content (AvgIpc) is 2.28. The smallest absolute Gasteiger partial charge is 0.238 e. The number of hydrogen-bond acceptors (Lipinski definition) is 3. The topological polar surface area (TPSA) is 63.2 Å². The van der Waals surface area contributed by atoms with Gasteiger partial charge in [-0.15, -0.1) is 0 Å². The molecule has 0 spiro atoms. The summed E-state index contributed by atoms with van der Waals surface area (Å²) >= 11 is 5.96. The van der Waals surface area contributed by atoms with Crippen molar-refractivity contribution in [1.82, 2.24) is 5.32 Å². The molecule has 112 valence electrons. The van der Waals surface area contributed by atoms with Gasteiger partial charge in [-0.25, -0.2) is 8.42 Å². The van der Waals surface area contributed by atoms with E-state index in [1.165, 1.54) is 6.92 Å². The number of carbonyl (C=O) groups excluding carboxylic acids is 1. The summed E-state index contributed by atoms with van der Waals surface area (Å²) in [6.45, 7) is 6.81. The van der Waals surface area contributed by atoms with Crippen molar-refractivity contribution in [2.24, 2.45) is 0 Å². The number of carbonyl (C=O) groups is 1. The number of benzene rings is 1. The van der Waals surface area contributed by atoms with E-state index in [-0.39, 0.29) is 5.75 Å². The fraction of sp³-hybridized carbons (Fsp3) is 0.500. The second kappa shape index (κ2) is 6.14. The molecule has 0 saturated carbocycles. The summed E-state index contributed by atoms with van der Waals surface area (Å²) in [5.74, 6) is -0.740. The molecule has 6 heteroatoms. The van der Waals surface area contributed by atoms with Gasteiger partial charge in [0.2, 0.25) is 5.91 Å². The summed E-state index contributed by atoms with van der Waals surface area (Å²) < 4.78 is 24.5. The minimum atomic E-state index is -3.60. The fourth-order valence-corrected chi connectivity index (χ4v) is 3.19. The lowest BCUT2D eigenvalue weighted by Gasteiger charge is -2.23. The van der Waals surface area contributed by atoms with Gasteiger partial charge in [0.15, 0.2) is 9.84 Å². The van der Waals surface area contributed by atoms with Crippen molar-refractivity contribution in [3.8, 4) is 0 Å². The Hall–Kier alpha value is -1.07. The van der Waals surface area contributed by atoms with Crippen LogP contribution in [0.2, 0.25) is 5.02 Å². The Morgan fingerprint density at radius 2 is 1.85 bits per heavy atom. The second-order valence-electron chi connectivity index (χ2n) is 5.78. The molecule has 1 aromatic carbocycles. The number of rotatable bonds is 4. The molecule has 0 fully saturated rings. The van der Waals surface area contributed by atoms with Crippen LogP contribution in [0.1, 0.15) is 33.3 Å². The lowest BCUT2D eigenvalue weighted by atomic mass is 10.1. The molecular formula is C14H20ClNO3S. The van der Waals surface area contributed by atoms with E-state index >= 15 is 0 Å². The Bertz CT molecular complexity index is 591. The van der Waals surface area contributed by atoms with Crippen molar-refractivity contribution < 1.29 is 13.2 Å². The summed E-state index contributed by atoms with van der Waals surface area (Å²) in [4.78, 5) is 12.0. The van der Waals surface area contributed by atoms with Gasteiger partial charge in [0.1, 0.15) is 5.25 Å². The van der Waals surface area contributed by atoms with Crippen LogP contribution in [0.4, 0.5) is 0 Å². The molecule has 1 unspecified atom stereocenters. The molecule has 0 aliphatic rings. The van der Waals surface area contributed by atoms with Gasteiger partial charge in [-0.3, -0.25) is 4.79 Å². The van der Waals surface area contributed by atoms with Crippen molar-refractivity contribution >= 4 is 27.3 Å². The van der Waals surface area contributed by atoms with E-state index in [1.54, 1.807) is 45.0 Å². The molecule has 4 nitrogen and oxygen atoms in total. The molecule has 0 radical (unpaired) electrons. The highest BCUT2D eigenvalue weighted by Gasteiger charge is 2.30. The fourth-order valence-electron chi connectivity index (χ4n) is 1.59. The number of sulfone groups is 1. The molecule has 1 N–H and O–H groups in total. The van der Waals surface area contributed by atoms with Crippen LogP contribution < -0.4 is 5.32 Å². The van der Waals surface area contributed by atoms with Crippen LogP contribution in [0.3, 0.4) is 0 Å². The zero-order valence-corrected chi connectivity index (χ0v) is 13.7. The summed E-state index contributed by atoms with van der Waals surface area (Å²) in [7, 11) is -3.60. The van der Waals surface area contributed by atoms with Gasteiger partial charge < -0.3 is 5.32 Å². The zero-order chi connectivity index (χ0) is 15.6. The molecule has 1 aromatic rings. The highest BCUT2D eigenvalue weighted by Crippen LogP contribution is 2.20. The minimum absolute atomic E-state index is 0.245. The monoisotopic (exact) mass is 317 g/mol. The quantitative estimate of drug-likeness (QED) is 0.928. The molecule has 0 saturated heterocycles. The van der Waals surface area contributed by atoms with Crippen LogP contribution in [0.15, 0.2) is 24.3 Å². The first-order valence-electron chi connectivity index (χ1n) is 6.30. The highest BCUT2D eigenvalue weighted by molar-refractivity contribution is 7.92. The first-order valence-corrected chi connectivity index (χ1v) is 8.39. The maximum Gasteiger partial charge on any atom is 0.238 e. The third-order valence-electron chi connectivity index (χ3n) is 2.72. The minimum Gasteiger partial charge on any atom is -0.350 e. The lowest BCUT2D eigenvalue weighted by molar-refractivity contribution is -0.121. The molecule has 0 aromatic heterocycles. The summed E-state index contributed by atoms with van der Waals surface area (Å²) in [6, 6.07) is 6.73. The Morgan fingerprint density at radius 1 is 1.30 bits per heavy atom. The summed E-state index contributed by atoms with van der Waals surface area (Å²) in [5, 5.41) is 1.95. The Balaban J connectivity index is 2.89.